The van der Waals surface area contributed by atoms with Crippen molar-refractivity contribution in [2.45, 2.75) is 18.3 Å². The molecule has 1 aromatic rings. The van der Waals surface area contributed by atoms with Gasteiger partial charge in [-0.2, -0.15) is 4.98 Å². The molecular weight excluding hydrogens is 318 g/mol. The molecule has 104 valence electrons. The summed E-state index contributed by atoms with van der Waals surface area (Å²) in [6.45, 7) is 2.87. The number of nitrogens with one attached hydrogen (secondary N) is 2. The number of aromatic nitrogens is 2. The van der Waals surface area contributed by atoms with Crippen LogP contribution in [0.5, 0.6) is 0 Å². The summed E-state index contributed by atoms with van der Waals surface area (Å²) >= 11 is 3.05. The van der Waals surface area contributed by atoms with E-state index in [9.17, 15) is 14.4 Å². The second-order valence-corrected chi connectivity index (χ2v) is 4.69. The molecule has 0 aliphatic carbocycles. The van der Waals surface area contributed by atoms with Crippen molar-refractivity contribution < 1.29 is 9.59 Å². The van der Waals surface area contributed by atoms with Crippen LogP contribution in [0.2, 0.25) is 0 Å². The molecule has 2 rings (SSSR count). The van der Waals surface area contributed by atoms with Gasteiger partial charge < -0.3 is 11.1 Å². The molecule has 0 saturated carbocycles. The van der Waals surface area contributed by atoms with Crippen molar-refractivity contribution in [1.82, 2.24) is 20.2 Å². The molecule has 1 aromatic heterocycles. The van der Waals surface area contributed by atoms with Crippen LogP contribution >= 0.6 is 15.9 Å². The van der Waals surface area contributed by atoms with Crippen molar-refractivity contribution in [1.29, 1.82) is 0 Å². The van der Waals surface area contributed by atoms with E-state index in [1.807, 2.05) is 6.92 Å². The molecule has 19 heavy (non-hydrogen) atoms. The quantitative estimate of drug-likeness (QED) is 0.595. The van der Waals surface area contributed by atoms with E-state index in [0.29, 0.717) is 13.1 Å². The molecule has 1 fully saturated rings. The Bertz CT molecular complexity index is 530. The fourth-order valence-electron chi connectivity index (χ4n) is 1.19. The number of nitrogen functional groups attached to an aromatic ring is 1. The summed E-state index contributed by atoms with van der Waals surface area (Å²) in [5, 5.41) is 4.54. The first-order valence-corrected chi connectivity index (χ1v) is 6.41. The highest BCUT2D eigenvalue weighted by Crippen LogP contribution is 2.00. The van der Waals surface area contributed by atoms with E-state index in [2.05, 4.69) is 31.5 Å². The van der Waals surface area contributed by atoms with Gasteiger partial charge in [0, 0.05) is 19.3 Å². The van der Waals surface area contributed by atoms with Gasteiger partial charge in [0.15, 0.2) is 0 Å². The molecule has 9 heteroatoms. The van der Waals surface area contributed by atoms with Gasteiger partial charge in [0.1, 0.15) is 10.6 Å². The van der Waals surface area contributed by atoms with Gasteiger partial charge >= 0.3 is 11.7 Å². The molecule has 4 N–H and O–H groups in total. The molecular formula is C10H14BrN5O3. The molecule has 3 amide bonds. The van der Waals surface area contributed by atoms with Crippen LogP contribution in [0.3, 0.4) is 0 Å². The Labute approximate surface area is 117 Å². The minimum Gasteiger partial charge on any atom is -0.383 e. The van der Waals surface area contributed by atoms with Crippen LogP contribution in [-0.2, 0) is 11.3 Å². The molecule has 1 saturated heterocycles. The SMILES string of the molecule is CCn1ccc(N)nc1=O.O=C1NCC(Br)C(=O)N1. The van der Waals surface area contributed by atoms with Gasteiger partial charge in [-0.1, -0.05) is 15.9 Å². The number of nitrogens with zero attached hydrogens (tertiary/aromatic N) is 2. The van der Waals surface area contributed by atoms with Crippen LogP contribution < -0.4 is 22.1 Å². The molecule has 1 aliphatic rings. The first kappa shape index (κ1) is 15.2. The lowest BCUT2D eigenvalue weighted by atomic mass is 10.3. The van der Waals surface area contributed by atoms with Crippen molar-refractivity contribution >= 4 is 33.7 Å². The average molecular weight is 332 g/mol. The highest BCUT2D eigenvalue weighted by atomic mass is 79.9. The lowest BCUT2D eigenvalue weighted by molar-refractivity contribution is -0.119. The number of imide groups is 1. The van der Waals surface area contributed by atoms with Crippen LogP contribution in [0.15, 0.2) is 17.1 Å². The number of halogens is 1. The second-order valence-electron chi connectivity index (χ2n) is 3.59. The Kier molecular flexibility index (Phi) is 5.49. The standard InChI is InChI=1S/C6H9N3O.C4H5BrN2O2/c1-2-9-4-3-5(7)8-6(9)10;5-2-1-6-4(9)7-3(2)8/h3-4H,2H2,1H3,(H2,7,8,10);2H,1H2,(H2,6,7,8,9). The maximum Gasteiger partial charge on any atom is 0.349 e. The van der Waals surface area contributed by atoms with Crippen LogP contribution in [0, 0.1) is 0 Å². The first-order valence-electron chi connectivity index (χ1n) is 5.49. The topological polar surface area (TPSA) is 119 Å². The van der Waals surface area contributed by atoms with Gasteiger partial charge in [0.25, 0.3) is 0 Å². The lowest BCUT2D eigenvalue weighted by Gasteiger charge is -2.16. The summed E-state index contributed by atoms with van der Waals surface area (Å²) in [5.74, 6) is -0.00606. The number of alkyl halides is 1. The van der Waals surface area contributed by atoms with Gasteiger partial charge in [0.2, 0.25) is 5.91 Å². The smallest absolute Gasteiger partial charge is 0.349 e. The summed E-state index contributed by atoms with van der Waals surface area (Å²) in [4.78, 5) is 35.0. The molecule has 8 nitrogen and oxygen atoms in total. The summed E-state index contributed by atoms with van der Waals surface area (Å²) in [6.07, 6.45) is 1.63. The first-order chi connectivity index (χ1) is 8.93. The zero-order chi connectivity index (χ0) is 14.4. The number of urea groups is 1. The Morgan fingerprint density at radius 2 is 2.21 bits per heavy atom. The predicted molar refractivity (Wildman–Crippen MR) is 72.8 cm³/mol. The van der Waals surface area contributed by atoms with Crippen molar-refractivity contribution in [3.63, 3.8) is 0 Å². The average Bonchev–Trinajstić information content (AvgIpc) is 2.35. The number of hydrogen-bond acceptors (Lipinski definition) is 5. The van der Waals surface area contributed by atoms with E-state index in [0.717, 1.165) is 0 Å². The minimum absolute atomic E-state index is 0.273. The van der Waals surface area contributed by atoms with Gasteiger partial charge in [-0.25, -0.2) is 9.59 Å². The van der Waals surface area contributed by atoms with Crippen molar-refractivity contribution in [2.24, 2.45) is 0 Å². The Balaban J connectivity index is 0.000000191. The molecule has 0 bridgehead atoms. The van der Waals surface area contributed by atoms with Crippen molar-refractivity contribution in [3.8, 4) is 0 Å². The third kappa shape index (κ3) is 4.70. The highest BCUT2D eigenvalue weighted by Gasteiger charge is 2.22. The normalized spacial score (nSPS) is 17.9. The Morgan fingerprint density at radius 1 is 1.53 bits per heavy atom. The monoisotopic (exact) mass is 331 g/mol. The zero-order valence-corrected chi connectivity index (χ0v) is 11.8. The summed E-state index contributed by atoms with van der Waals surface area (Å²) in [5.41, 5.74) is 4.97. The molecule has 0 radical (unpaired) electrons. The van der Waals surface area contributed by atoms with E-state index in [-0.39, 0.29) is 22.2 Å². The number of carbonyl (C=O) groups excluding carboxylic acids is 2. The van der Waals surface area contributed by atoms with E-state index >= 15 is 0 Å². The largest absolute Gasteiger partial charge is 0.383 e. The predicted octanol–water partition coefficient (Wildman–Crippen LogP) is -0.565. The van der Waals surface area contributed by atoms with Crippen LogP contribution in [-0.4, -0.2) is 32.9 Å². The molecule has 1 atom stereocenters. The number of nitrogens with two attached hydrogens (primary N) is 1. The third-order valence-corrected chi connectivity index (χ3v) is 2.94. The Morgan fingerprint density at radius 3 is 2.68 bits per heavy atom. The Hall–Kier alpha value is -1.90. The number of amides is 3. The summed E-state index contributed by atoms with van der Waals surface area (Å²) in [6, 6.07) is 1.18. The maximum absolute atomic E-state index is 10.8. The van der Waals surface area contributed by atoms with Crippen LogP contribution in [0.1, 0.15) is 6.92 Å². The van der Waals surface area contributed by atoms with Gasteiger partial charge in [-0.15, -0.1) is 0 Å². The maximum atomic E-state index is 10.8. The van der Waals surface area contributed by atoms with Gasteiger partial charge in [-0.05, 0) is 13.0 Å². The summed E-state index contributed by atoms with van der Waals surface area (Å²) < 4.78 is 1.48. The second kappa shape index (κ2) is 6.88. The highest BCUT2D eigenvalue weighted by molar-refractivity contribution is 9.10. The van der Waals surface area contributed by atoms with E-state index in [1.54, 1.807) is 12.3 Å². The van der Waals surface area contributed by atoms with Gasteiger partial charge in [-0.3, -0.25) is 14.7 Å². The molecule has 1 unspecified atom stereocenters. The molecule has 0 spiro atoms. The number of anilines is 1. The fourth-order valence-corrected chi connectivity index (χ4v) is 1.47. The lowest BCUT2D eigenvalue weighted by Crippen LogP contribution is -2.52. The number of carbonyl (C=O) groups is 2. The minimum atomic E-state index is -0.421. The fraction of sp³-hybridized carbons (Fsp3) is 0.400. The van der Waals surface area contributed by atoms with Crippen LogP contribution in [0.4, 0.5) is 10.6 Å². The van der Waals surface area contributed by atoms with Crippen LogP contribution in [0.25, 0.3) is 0 Å². The molecule has 1 aliphatic heterocycles. The van der Waals surface area contributed by atoms with E-state index < -0.39 is 6.03 Å². The summed E-state index contributed by atoms with van der Waals surface area (Å²) in [7, 11) is 0. The third-order valence-electron chi connectivity index (χ3n) is 2.20. The van der Waals surface area contributed by atoms with E-state index in [1.165, 1.54) is 4.57 Å². The van der Waals surface area contributed by atoms with E-state index in [4.69, 9.17) is 5.73 Å². The number of rotatable bonds is 1. The van der Waals surface area contributed by atoms with Gasteiger partial charge in [0.05, 0.1) is 0 Å². The molecule has 0 aromatic carbocycles. The van der Waals surface area contributed by atoms with Crippen molar-refractivity contribution in [3.05, 3.63) is 22.7 Å². The zero-order valence-electron chi connectivity index (χ0n) is 10.2. The number of hydrogen-bond donors (Lipinski definition) is 3. The molecule has 2 heterocycles. The van der Waals surface area contributed by atoms with Crippen molar-refractivity contribution in [2.75, 3.05) is 12.3 Å². The number of aryl methyl sites for hydroxylation is 1.